The fourth-order valence-corrected chi connectivity index (χ4v) is 5.07. The number of aromatic amines is 1. The molecule has 7 nitrogen and oxygen atoms in total. The van der Waals surface area contributed by atoms with E-state index in [1.54, 1.807) is 18.4 Å². The van der Waals surface area contributed by atoms with Crippen LogP contribution in [0, 0.1) is 25.6 Å². The molecule has 1 saturated heterocycles. The van der Waals surface area contributed by atoms with Gasteiger partial charge in [-0.05, 0) is 51.9 Å². The number of H-pyrrole nitrogens is 1. The van der Waals surface area contributed by atoms with Gasteiger partial charge in [0.05, 0.1) is 22.2 Å². The lowest BCUT2D eigenvalue weighted by Gasteiger charge is -2.27. The molecule has 0 bridgehead atoms. The predicted octanol–water partition coefficient (Wildman–Crippen LogP) is 1.46. The lowest BCUT2D eigenvalue weighted by molar-refractivity contribution is 0.0968. The second-order valence-corrected chi connectivity index (χ2v) is 9.12. The van der Waals surface area contributed by atoms with Crippen LogP contribution in [0.15, 0.2) is 9.59 Å². The largest absolute Gasteiger partial charge is 0.388 e. The van der Waals surface area contributed by atoms with Crippen molar-refractivity contribution in [3.63, 3.8) is 0 Å². The summed E-state index contributed by atoms with van der Waals surface area (Å²) in [5.74, 6) is -0.331. The number of aliphatic hydroxyl groups is 1. The minimum atomic E-state index is -0.771. The van der Waals surface area contributed by atoms with Crippen molar-refractivity contribution in [2.24, 2.45) is 11.7 Å². The second-order valence-electron chi connectivity index (χ2n) is 9.12. The molecule has 0 amide bonds. The summed E-state index contributed by atoms with van der Waals surface area (Å²) in [5, 5.41) is 10.6. The summed E-state index contributed by atoms with van der Waals surface area (Å²) in [4.78, 5) is 29.4. The van der Waals surface area contributed by atoms with Crippen LogP contribution in [0.1, 0.15) is 49.3 Å². The summed E-state index contributed by atoms with van der Waals surface area (Å²) in [6.07, 6.45) is 3.99. The normalized spacial score (nSPS) is 24.3. The van der Waals surface area contributed by atoms with Gasteiger partial charge in [0.15, 0.2) is 5.82 Å². The second kappa shape index (κ2) is 6.15. The number of halogens is 1. The zero-order valence-electron chi connectivity index (χ0n) is 16.8. The molecule has 3 aliphatic rings. The van der Waals surface area contributed by atoms with Crippen molar-refractivity contribution >= 4 is 16.6 Å². The van der Waals surface area contributed by atoms with E-state index in [4.69, 9.17) is 5.73 Å². The van der Waals surface area contributed by atoms with Crippen LogP contribution in [-0.4, -0.2) is 39.4 Å². The summed E-state index contributed by atoms with van der Waals surface area (Å²) >= 11 is 0. The average Bonchev–Trinajstić information content (AvgIpc) is 3.59. The highest BCUT2D eigenvalue weighted by molar-refractivity contribution is 5.90. The Kier molecular flexibility index (Phi) is 3.99. The van der Waals surface area contributed by atoms with Gasteiger partial charge in [-0.1, -0.05) is 0 Å². The number of hydrogen-bond acceptors (Lipinski definition) is 5. The molecule has 156 valence electrons. The van der Waals surface area contributed by atoms with Crippen LogP contribution in [0.4, 0.5) is 10.1 Å². The van der Waals surface area contributed by atoms with Crippen molar-refractivity contribution in [2.75, 3.05) is 18.0 Å². The summed E-state index contributed by atoms with van der Waals surface area (Å²) < 4.78 is 17.1. The molecule has 1 aromatic heterocycles. The molecule has 2 heterocycles. The standard InChI is InChI=1S/C21H27FN4O3/c1-10-14-16(26(13-3-4-13)20(28)24-19(14)27)11(2)17(15(10)22)25-8-5-12(9-25)18(23)21(29)6-7-21/h12-13,18,29H,3-9,23H2,1-2H3,(H,24,27,28). The van der Waals surface area contributed by atoms with E-state index in [-0.39, 0.29) is 29.0 Å². The zero-order chi connectivity index (χ0) is 20.7. The predicted molar refractivity (Wildman–Crippen MR) is 109 cm³/mol. The Morgan fingerprint density at radius 2 is 1.90 bits per heavy atom. The SMILES string of the molecule is Cc1c(F)c(N2CCC(C(N)C3(O)CC3)C2)c(C)c2c1c(=O)[nH]c(=O)n2C1CC1. The topological polar surface area (TPSA) is 104 Å². The van der Waals surface area contributed by atoms with Crippen LogP contribution >= 0.6 is 0 Å². The van der Waals surface area contributed by atoms with Gasteiger partial charge in [-0.3, -0.25) is 14.3 Å². The maximum absolute atomic E-state index is 15.5. The Morgan fingerprint density at radius 1 is 1.21 bits per heavy atom. The van der Waals surface area contributed by atoms with Crippen LogP contribution < -0.4 is 21.9 Å². The maximum atomic E-state index is 15.5. The molecule has 0 spiro atoms. The van der Waals surface area contributed by atoms with E-state index in [0.717, 1.165) is 32.1 Å². The van der Waals surface area contributed by atoms with E-state index < -0.39 is 22.7 Å². The molecule has 2 saturated carbocycles. The van der Waals surface area contributed by atoms with Gasteiger partial charge in [0.1, 0.15) is 0 Å². The van der Waals surface area contributed by atoms with Crippen molar-refractivity contribution in [1.82, 2.24) is 9.55 Å². The van der Waals surface area contributed by atoms with Crippen LogP contribution in [0.2, 0.25) is 0 Å². The fraction of sp³-hybridized carbons (Fsp3) is 0.619. The Bertz CT molecular complexity index is 1130. The van der Waals surface area contributed by atoms with Crippen LogP contribution in [-0.2, 0) is 0 Å². The number of hydrogen-bond donors (Lipinski definition) is 3. The first-order valence-electron chi connectivity index (χ1n) is 10.4. The summed E-state index contributed by atoms with van der Waals surface area (Å²) in [5.41, 5.74) is 6.46. The lowest BCUT2D eigenvalue weighted by atomic mass is 9.93. The fourth-order valence-electron chi connectivity index (χ4n) is 5.07. The Labute approximate surface area is 167 Å². The molecule has 2 aromatic rings. The van der Waals surface area contributed by atoms with E-state index >= 15 is 4.39 Å². The molecule has 2 aliphatic carbocycles. The molecule has 0 radical (unpaired) electrons. The van der Waals surface area contributed by atoms with Gasteiger partial charge in [0.25, 0.3) is 5.56 Å². The van der Waals surface area contributed by atoms with Crippen molar-refractivity contribution < 1.29 is 9.50 Å². The highest BCUT2D eigenvalue weighted by Crippen LogP contribution is 2.44. The molecule has 1 aromatic carbocycles. The number of anilines is 1. The summed E-state index contributed by atoms with van der Waals surface area (Å²) in [6, 6.07) is -0.257. The number of nitrogens with two attached hydrogens (primary N) is 1. The van der Waals surface area contributed by atoms with Gasteiger partial charge in [0.2, 0.25) is 0 Å². The number of rotatable bonds is 4. The number of aromatic nitrogens is 2. The first-order valence-corrected chi connectivity index (χ1v) is 10.4. The molecule has 2 unspecified atom stereocenters. The lowest BCUT2D eigenvalue weighted by Crippen LogP contribution is -2.44. The zero-order valence-corrected chi connectivity index (χ0v) is 16.8. The minimum Gasteiger partial charge on any atom is -0.388 e. The van der Waals surface area contributed by atoms with Crippen LogP contribution in [0.25, 0.3) is 10.9 Å². The number of benzene rings is 1. The molecule has 8 heteroatoms. The molecule has 4 N–H and O–H groups in total. The first-order chi connectivity index (χ1) is 13.7. The minimum absolute atomic E-state index is 0.0575. The third-order valence-corrected chi connectivity index (χ3v) is 7.11. The van der Waals surface area contributed by atoms with E-state index in [9.17, 15) is 14.7 Å². The molecular formula is C21H27FN4O3. The quantitative estimate of drug-likeness (QED) is 0.718. The van der Waals surface area contributed by atoms with E-state index in [0.29, 0.717) is 29.9 Å². The molecular weight excluding hydrogens is 375 g/mol. The van der Waals surface area contributed by atoms with Gasteiger partial charge in [-0.25, -0.2) is 9.18 Å². The smallest absolute Gasteiger partial charge is 0.329 e. The average molecular weight is 402 g/mol. The number of nitrogens with one attached hydrogen (secondary N) is 1. The molecule has 5 rings (SSSR count). The molecule has 1 aliphatic heterocycles. The van der Waals surface area contributed by atoms with Crippen molar-refractivity contribution in [1.29, 1.82) is 0 Å². The maximum Gasteiger partial charge on any atom is 0.329 e. The van der Waals surface area contributed by atoms with Gasteiger partial charge in [0, 0.05) is 36.3 Å². The highest BCUT2D eigenvalue weighted by Gasteiger charge is 2.50. The van der Waals surface area contributed by atoms with E-state index in [1.807, 2.05) is 4.90 Å². The number of fused-ring (bicyclic) bond motifs is 1. The number of nitrogens with zero attached hydrogens (tertiary/aromatic N) is 2. The molecule has 2 atom stereocenters. The monoisotopic (exact) mass is 402 g/mol. The van der Waals surface area contributed by atoms with Gasteiger partial charge < -0.3 is 15.7 Å². The summed E-state index contributed by atoms with van der Waals surface area (Å²) in [6.45, 7) is 4.58. The molecule has 3 fully saturated rings. The molecule has 29 heavy (non-hydrogen) atoms. The van der Waals surface area contributed by atoms with Crippen molar-refractivity contribution in [3.05, 3.63) is 37.8 Å². The van der Waals surface area contributed by atoms with Gasteiger partial charge in [-0.2, -0.15) is 0 Å². The van der Waals surface area contributed by atoms with Gasteiger partial charge >= 0.3 is 5.69 Å². The van der Waals surface area contributed by atoms with Crippen molar-refractivity contribution in [3.8, 4) is 0 Å². The highest BCUT2D eigenvalue weighted by atomic mass is 19.1. The third-order valence-electron chi connectivity index (χ3n) is 7.11. The van der Waals surface area contributed by atoms with E-state index in [1.165, 1.54) is 0 Å². The number of aryl methyl sites for hydroxylation is 2. The summed E-state index contributed by atoms with van der Waals surface area (Å²) in [7, 11) is 0. The Hall–Kier alpha value is -2.19. The van der Waals surface area contributed by atoms with Crippen molar-refractivity contribution in [2.45, 2.75) is 63.6 Å². The third kappa shape index (κ3) is 2.76. The Morgan fingerprint density at radius 3 is 2.52 bits per heavy atom. The Balaban J connectivity index is 1.64. The van der Waals surface area contributed by atoms with Gasteiger partial charge in [-0.15, -0.1) is 0 Å². The van der Waals surface area contributed by atoms with Crippen LogP contribution in [0.5, 0.6) is 0 Å². The first kappa shape index (κ1) is 18.8. The van der Waals surface area contributed by atoms with Crippen LogP contribution in [0.3, 0.4) is 0 Å². The van der Waals surface area contributed by atoms with E-state index in [2.05, 4.69) is 4.98 Å².